The quantitative estimate of drug-likeness (QED) is 0.838. The van der Waals surface area contributed by atoms with Gasteiger partial charge < -0.3 is 9.84 Å². The number of aryl methyl sites for hydroxylation is 1. The fraction of sp³-hybridized carbons (Fsp3) is 0.300. The first-order valence-corrected chi connectivity index (χ1v) is 4.42. The molecule has 94 valence electrons. The molecule has 3 nitrogen and oxygen atoms in total. The molecule has 0 bridgehead atoms. The first kappa shape index (κ1) is 13.3. The zero-order chi connectivity index (χ0) is 13.2. The van der Waals surface area contributed by atoms with E-state index < -0.39 is 29.8 Å². The summed E-state index contributed by atoms with van der Waals surface area (Å²) in [7, 11) is 0. The van der Waals surface area contributed by atoms with Crippen molar-refractivity contribution in [1.29, 1.82) is 0 Å². The average Bonchev–Trinajstić information content (AvgIpc) is 2.20. The minimum Gasteiger partial charge on any atom is -0.477 e. The molecule has 0 saturated carbocycles. The average molecular weight is 252 g/mol. The van der Waals surface area contributed by atoms with Crippen molar-refractivity contribution in [3.8, 4) is 5.75 Å². The lowest BCUT2D eigenvalue weighted by atomic mass is 10.1. The van der Waals surface area contributed by atoms with E-state index in [1.165, 1.54) is 6.92 Å². The fourth-order valence-electron chi connectivity index (χ4n) is 1.14. The molecule has 0 saturated heterocycles. The maximum Gasteiger partial charge on any atom is 0.387 e. The summed E-state index contributed by atoms with van der Waals surface area (Å²) in [4.78, 5) is 10.3. The minimum atomic E-state index is -4.14. The number of carboxylic acid groups (broad SMARTS) is 1. The third kappa shape index (κ3) is 2.86. The molecular formula is C10H8F4O3. The zero-order valence-corrected chi connectivity index (χ0v) is 8.58. The summed E-state index contributed by atoms with van der Waals surface area (Å²) in [6, 6.07) is 2.53. The number of hydrogen-bond acceptors (Lipinski definition) is 2. The van der Waals surface area contributed by atoms with Crippen LogP contribution in [0, 0.1) is 6.92 Å². The minimum absolute atomic E-state index is 0.204. The number of hydrogen-bond donors (Lipinski definition) is 1. The zero-order valence-electron chi connectivity index (χ0n) is 8.58. The molecule has 0 atom stereocenters. The Kier molecular flexibility index (Phi) is 3.59. The predicted octanol–water partition coefficient (Wildman–Crippen LogP) is 2.77. The lowest BCUT2D eigenvalue weighted by Crippen LogP contribution is -2.25. The molecule has 1 N–H and O–H groups in total. The van der Waals surface area contributed by atoms with Crippen LogP contribution in [0.3, 0.4) is 0 Å². The Morgan fingerprint density at radius 3 is 2.47 bits per heavy atom. The fourth-order valence-corrected chi connectivity index (χ4v) is 1.14. The first-order chi connectivity index (χ1) is 7.75. The van der Waals surface area contributed by atoms with Crippen LogP contribution in [-0.2, 0) is 10.7 Å². The van der Waals surface area contributed by atoms with Gasteiger partial charge in [-0.3, -0.25) is 0 Å². The molecule has 17 heavy (non-hydrogen) atoms. The van der Waals surface area contributed by atoms with Crippen LogP contribution in [0.15, 0.2) is 18.2 Å². The molecule has 0 aliphatic carbocycles. The van der Waals surface area contributed by atoms with Gasteiger partial charge in [-0.2, -0.15) is 17.6 Å². The van der Waals surface area contributed by atoms with Gasteiger partial charge in [0.15, 0.2) is 0 Å². The number of alkyl halides is 4. The predicted molar refractivity (Wildman–Crippen MR) is 49.3 cm³/mol. The Labute approximate surface area is 93.6 Å². The highest BCUT2D eigenvalue weighted by atomic mass is 19.3. The summed E-state index contributed by atoms with van der Waals surface area (Å²) in [5.41, 5.74) is -0.707. The maximum atomic E-state index is 13.1. The normalized spacial score (nSPS) is 11.6. The lowest BCUT2D eigenvalue weighted by Gasteiger charge is -2.14. The summed E-state index contributed by atoms with van der Waals surface area (Å²) in [5, 5.41) is 8.30. The van der Waals surface area contributed by atoms with Crippen molar-refractivity contribution in [3.63, 3.8) is 0 Å². The van der Waals surface area contributed by atoms with E-state index in [0.29, 0.717) is 6.07 Å². The number of rotatable bonds is 4. The van der Waals surface area contributed by atoms with Gasteiger partial charge in [-0.25, -0.2) is 4.79 Å². The first-order valence-electron chi connectivity index (χ1n) is 4.42. The van der Waals surface area contributed by atoms with Gasteiger partial charge in [0.2, 0.25) is 0 Å². The third-order valence-corrected chi connectivity index (χ3v) is 2.04. The SMILES string of the molecule is Cc1ccc(C(F)(F)C(=O)O)cc1OC(F)F. The smallest absolute Gasteiger partial charge is 0.387 e. The maximum absolute atomic E-state index is 13.1. The summed E-state index contributed by atoms with van der Waals surface area (Å²) >= 11 is 0. The topological polar surface area (TPSA) is 46.5 Å². The third-order valence-electron chi connectivity index (χ3n) is 2.04. The second-order valence-electron chi connectivity index (χ2n) is 3.24. The molecule has 7 heteroatoms. The molecule has 0 fully saturated rings. The molecule has 0 amide bonds. The number of halogens is 4. The van der Waals surface area contributed by atoms with E-state index in [1.54, 1.807) is 0 Å². The summed E-state index contributed by atoms with van der Waals surface area (Å²) in [6.45, 7) is -1.79. The van der Waals surface area contributed by atoms with Crippen molar-refractivity contribution in [2.45, 2.75) is 19.5 Å². The second kappa shape index (κ2) is 4.60. The number of aliphatic carboxylic acids is 1. The Morgan fingerprint density at radius 2 is 2.00 bits per heavy atom. The van der Waals surface area contributed by atoms with Crippen molar-refractivity contribution in [2.75, 3.05) is 0 Å². The number of ether oxygens (including phenoxy) is 1. The monoisotopic (exact) mass is 252 g/mol. The van der Waals surface area contributed by atoms with Gasteiger partial charge in [0.1, 0.15) is 5.75 Å². The Bertz CT molecular complexity index is 432. The van der Waals surface area contributed by atoms with Gasteiger partial charge in [-0.05, 0) is 18.6 Å². The van der Waals surface area contributed by atoms with Crippen molar-refractivity contribution in [2.24, 2.45) is 0 Å². The van der Waals surface area contributed by atoms with Crippen LogP contribution in [0.2, 0.25) is 0 Å². The molecule has 1 aromatic rings. The van der Waals surface area contributed by atoms with E-state index in [0.717, 1.165) is 12.1 Å². The van der Waals surface area contributed by atoms with Crippen LogP contribution < -0.4 is 4.74 Å². The molecule has 0 spiro atoms. The standard InChI is InChI=1S/C10H8F4O3/c1-5-2-3-6(10(13,14)8(15)16)4-7(5)17-9(11)12/h2-4,9H,1H3,(H,15,16). The summed E-state index contributed by atoms with van der Waals surface area (Å²) in [5.74, 6) is -6.98. The molecule has 0 radical (unpaired) electrons. The van der Waals surface area contributed by atoms with Crippen molar-refractivity contribution in [3.05, 3.63) is 29.3 Å². The molecule has 0 aliphatic heterocycles. The number of carbonyl (C=O) groups is 1. The van der Waals surface area contributed by atoms with E-state index in [1.807, 2.05) is 0 Å². The second-order valence-corrected chi connectivity index (χ2v) is 3.24. The number of benzene rings is 1. The van der Waals surface area contributed by atoms with Gasteiger partial charge >= 0.3 is 18.5 Å². The lowest BCUT2D eigenvalue weighted by molar-refractivity contribution is -0.166. The molecule has 0 aromatic heterocycles. The largest absolute Gasteiger partial charge is 0.477 e. The van der Waals surface area contributed by atoms with E-state index in [2.05, 4.69) is 4.74 Å². The molecule has 0 heterocycles. The van der Waals surface area contributed by atoms with E-state index in [-0.39, 0.29) is 5.56 Å². The van der Waals surface area contributed by atoms with Crippen LogP contribution >= 0.6 is 0 Å². The van der Waals surface area contributed by atoms with E-state index in [9.17, 15) is 22.4 Å². The Morgan fingerprint density at radius 1 is 1.41 bits per heavy atom. The van der Waals surface area contributed by atoms with E-state index >= 15 is 0 Å². The van der Waals surface area contributed by atoms with Gasteiger partial charge in [0, 0.05) is 5.56 Å². The van der Waals surface area contributed by atoms with Crippen LogP contribution in [0.5, 0.6) is 5.75 Å². The highest BCUT2D eigenvalue weighted by molar-refractivity contribution is 5.77. The Balaban J connectivity index is 3.16. The van der Waals surface area contributed by atoms with Gasteiger partial charge in [0.25, 0.3) is 0 Å². The van der Waals surface area contributed by atoms with Gasteiger partial charge in [-0.1, -0.05) is 12.1 Å². The van der Waals surface area contributed by atoms with Gasteiger partial charge in [-0.15, -0.1) is 0 Å². The highest BCUT2D eigenvalue weighted by Crippen LogP contribution is 2.32. The van der Waals surface area contributed by atoms with Crippen molar-refractivity contribution >= 4 is 5.97 Å². The van der Waals surface area contributed by atoms with Crippen LogP contribution in [0.4, 0.5) is 17.6 Å². The summed E-state index contributed by atoms with van der Waals surface area (Å²) in [6.07, 6.45) is 0. The molecule has 0 unspecified atom stereocenters. The molecular weight excluding hydrogens is 244 g/mol. The number of carboxylic acids is 1. The highest BCUT2D eigenvalue weighted by Gasteiger charge is 2.41. The van der Waals surface area contributed by atoms with E-state index in [4.69, 9.17) is 5.11 Å². The molecule has 1 rings (SSSR count). The van der Waals surface area contributed by atoms with Crippen LogP contribution in [-0.4, -0.2) is 17.7 Å². The van der Waals surface area contributed by atoms with Gasteiger partial charge in [0.05, 0.1) is 0 Å². The molecule has 1 aromatic carbocycles. The van der Waals surface area contributed by atoms with Crippen molar-refractivity contribution < 1.29 is 32.2 Å². The van der Waals surface area contributed by atoms with Crippen LogP contribution in [0.25, 0.3) is 0 Å². The van der Waals surface area contributed by atoms with Crippen molar-refractivity contribution in [1.82, 2.24) is 0 Å². The Hall–Kier alpha value is -1.79. The summed E-state index contributed by atoms with van der Waals surface area (Å²) < 4.78 is 54.1. The van der Waals surface area contributed by atoms with Crippen LogP contribution in [0.1, 0.15) is 11.1 Å². The molecule has 0 aliphatic rings.